The zero-order chi connectivity index (χ0) is 11.1. The molecule has 0 bridgehead atoms. The Morgan fingerprint density at radius 2 is 2.20 bits per heavy atom. The molecule has 1 aromatic rings. The molecule has 1 fully saturated rings. The average molecular weight is 209 g/mol. The Balaban J connectivity index is 2.07. The van der Waals surface area contributed by atoms with Gasteiger partial charge in [-0.05, 0) is 24.2 Å². The fourth-order valence-electron chi connectivity index (χ4n) is 2.44. The molecule has 0 spiro atoms. The zero-order valence-electron chi connectivity index (χ0n) is 9.66. The minimum absolute atomic E-state index is 0.189. The van der Waals surface area contributed by atoms with Crippen LogP contribution >= 0.6 is 0 Å². The Kier molecular flexibility index (Phi) is 2.54. The van der Waals surface area contributed by atoms with Gasteiger partial charge >= 0.3 is 0 Å². The Bertz CT molecular complexity index is 345. The molecule has 0 amide bonds. The number of nitrogens with zero attached hydrogens (tertiary/aromatic N) is 2. The van der Waals surface area contributed by atoms with E-state index in [0.29, 0.717) is 17.9 Å². The van der Waals surface area contributed by atoms with E-state index in [4.69, 9.17) is 10.3 Å². The maximum absolute atomic E-state index is 6.10. The zero-order valence-corrected chi connectivity index (χ0v) is 9.66. The van der Waals surface area contributed by atoms with Crippen LogP contribution in [-0.4, -0.2) is 16.2 Å². The summed E-state index contributed by atoms with van der Waals surface area (Å²) in [6, 6.07) is 0.301. The molecule has 1 aromatic heterocycles. The van der Waals surface area contributed by atoms with E-state index in [1.807, 2.05) is 6.92 Å². The molecular weight excluding hydrogens is 190 g/mol. The van der Waals surface area contributed by atoms with Crippen LogP contribution in [0.3, 0.4) is 0 Å². The predicted molar refractivity (Wildman–Crippen MR) is 57.2 cm³/mol. The maximum atomic E-state index is 6.10. The predicted octanol–water partition coefficient (Wildman–Crippen LogP) is 1.68. The summed E-state index contributed by atoms with van der Waals surface area (Å²) in [7, 11) is 0. The molecule has 15 heavy (non-hydrogen) atoms. The van der Waals surface area contributed by atoms with Crippen molar-refractivity contribution in [1.29, 1.82) is 0 Å². The van der Waals surface area contributed by atoms with Gasteiger partial charge < -0.3 is 10.3 Å². The van der Waals surface area contributed by atoms with E-state index in [2.05, 4.69) is 24.0 Å². The monoisotopic (exact) mass is 209 g/mol. The first kappa shape index (κ1) is 10.6. The van der Waals surface area contributed by atoms with Gasteiger partial charge in [0.05, 0.1) is 0 Å². The third-order valence-electron chi connectivity index (χ3n) is 3.83. The molecule has 1 heterocycles. The van der Waals surface area contributed by atoms with E-state index < -0.39 is 0 Å². The van der Waals surface area contributed by atoms with Crippen molar-refractivity contribution >= 4 is 0 Å². The lowest BCUT2D eigenvalue weighted by Gasteiger charge is -2.30. The molecule has 0 aromatic carbocycles. The second-order valence-corrected chi connectivity index (χ2v) is 5.14. The molecule has 4 heteroatoms. The van der Waals surface area contributed by atoms with Crippen LogP contribution in [0.15, 0.2) is 4.52 Å². The highest BCUT2D eigenvalue weighted by atomic mass is 16.5. The quantitative estimate of drug-likeness (QED) is 0.805. The molecule has 2 atom stereocenters. The van der Waals surface area contributed by atoms with Crippen LogP contribution in [0.4, 0.5) is 0 Å². The van der Waals surface area contributed by atoms with Crippen LogP contribution in [0.1, 0.15) is 38.4 Å². The topological polar surface area (TPSA) is 64.9 Å². The van der Waals surface area contributed by atoms with Gasteiger partial charge in [0.25, 0.3) is 0 Å². The highest BCUT2D eigenvalue weighted by molar-refractivity contribution is 4.99. The number of aromatic nitrogens is 2. The minimum Gasteiger partial charge on any atom is -0.340 e. The van der Waals surface area contributed by atoms with Crippen molar-refractivity contribution in [1.82, 2.24) is 10.1 Å². The van der Waals surface area contributed by atoms with Crippen molar-refractivity contribution < 1.29 is 4.52 Å². The second-order valence-electron chi connectivity index (χ2n) is 5.14. The molecule has 0 aliphatic heterocycles. The van der Waals surface area contributed by atoms with Gasteiger partial charge in [0, 0.05) is 19.4 Å². The van der Waals surface area contributed by atoms with Crippen molar-refractivity contribution in [2.24, 2.45) is 17.1 Å². The highest BCUT2D eigenvalue weighted by Gasteiger charge is 2.41. The van der Waals surface area contributed by atoms with Gasteiger partial charge in [-0.15, -0.1) is 0 Å². The van der Waals surface area contributed by atoms with Gasteiger partial charge in [-0.3, -0.25) is 0 Å². The van der Waals surface area contributed by atoms with Gasteiger partial charge in [-0.2, -0.15) is 4.98 Å². The molecule has 2 rings (SSSR count). The molecule has 1 aliphatic carbocycles. The Labute approximate surface area is 90.2 Å². The van der Waals surface area contributed by atoms with Crippen molar-refractivity contribution in [2.45, 2.75) is 46.1 Å². The van der Waals surface area contributed by atoms with Crippen LogP contribution in [0.5, 0.6) is 0 Å². The molecule has 0 unspecified atom stereocenters. The molecule has 1 saturated carbocycles. The first-order chi connectivity index (χ1) is 7.00. The Morgan fingerprint density at radius 3 is 2.67 bits per heavy atom. The maximum Gasteiger partial charge on any atom is 0.223 e. The first-order valence-corrected chi connectivity index (χ1v) is 5.55. The fraction of sp³-hybridized carbons (Fsp3) is 0.818. The van der Waals surface area contributed by atoms with E-state index >= 15 is 0 Å². The summed E-state index contributed by atoms with van der Waals surface area (Å²) in [5.41, 5.74) is 6.29. The molecular formula is C11H19N3O. The van der Waals surface area contributed by atoms with Crippen LogP contribution in [0.2, 0.25) is 0 Å². The van der Waals surface area contributed by atoms with E-state index in [1.54, 1.807) is 0 Å². The lowest BCUT2D eigenvalue weighted by atomic mass is 9.77. The van der Waals surface area contributed by atoms with E-state index in [-0.39, 0.29) is 5.41 Å². The first-order valence-electron chi connectivity index (χ1n) is 5.55. The number of nitrogens with two attached hydrogens (primary N) is 1. The highest BCUT2D eigenvalue weighted by Crippen LogP contribution is 2.43. The number of aryl methyl sites for hydroxylation is 1. The number of hydrogen-bond acceptors (Lipinski definition) is 4. The largest absolute Gasteiger partial charge is 0.340 e. The summed E-state index contributed by atoms with van der Waals surface area (Å²) >= 11 is 0. The van der Waals surface area contributed by atoms with Gasteiger partial charge in [-0.25, -0.2) is 0 Å². The van der Waals surface area contributed by atoms with Crippen LogP contribution in [0, 0.1) is 18.3 Å². The normalized spacial score (nSPS) is 29.6. The summed E-state index contributed by atoms with van der Waals surface area (Å²) in [6.07, 6.45) is 3.16. The van der Waals surface area contributed by atoms with Crippen LogP contribution < -0.4 is 5.73 Å². The lowest BCUT2D eigenvalue weighted by Crippen LogP contribution is -2.36. The standard InChI is InChI=1S/C11H19N3O/c1-7-13-10(14-15-7)6-8-4-5-9(12)11(8,2)3/h8-9H,4-6,12H2,1-3H3/t8-,9-/m1/s1. The van der Waals surface area contributed by atoms with Crippen LogP contribution in [-0.2, 0) is 6.42 Å². The third-order valence-corrected chi connectivity index (χ3v) is 3.83. The molecule has 2 N–H and O–H groups in total. The second kappa shape index (κ2) is 3.59. The summed E-state index contributed by atoms with van der Waals surface area (Å²) < 4.78 is 4.98. The third kappa shape index (κ3) is 1.91. The molecule has 4 nitrogen and oxygen atoms in total. The van der Waals surface area contributed by atoms with Gasteiger partial charge in [0.15, 0.2) is 5.82 Å². The van der Waals surface area contributed by atoms with E-state index in [1.165, 1.54) is 6.42 Å². The van der Waals surface area contributed by atoms with Crippen molar-refractivity contribution in [3.05, 3.63) is 11.7 Å². The van der Waals surface area contributed by atoms with Gasteiger partial charge in [0.2, 0.25) is 5.89 Å². The molecule has 84 valence electrons. The number of hydrogen-bond donors (Lipinski definition) is 1. The van der Waals surface area contributed by atoms with E-state index in [9.17, 15) is 0 Å². The SMILES string of the molecule is Cc1nc(C[C@H]2CC[C@@H](N)C2(C)C)no1. The Hall–Kier alpha value is -0.900. The minimum atomic E-state index is 0.189. The average Bonchev–Trinajstić information content (AvgIpc) is 2.66. The molecule has 0 saturated heterocycles. The van der Waals surface area contributed by atoms with Gasteiger partial charge in [0.1, 0.15) is 0 Å². The van der Waals surface area contributed by atoms with Crippen LogP contribution in [0.25, 0.3) is 0 Å². The summed E-state index contributed by atoms with van der Waals surface area (Å²) in [4.78, 5) is 4.25. The molecule has 1 aliphatic rings. The smallest absolute Gasteiger partial charge is 0.223 e. The summed E-state index contributed by atoms with van der Waals surface area (Å²) in [5.74, 6) is 2.04. The summed E-state index contributed by atoms with van der Waals surface area (Å²) in [5, 5.41) is 3.94. The van der Waals surface area contributed by atoms with E-state index in [0.717, 1.165) is 18.7 Å². The lowest BCUT2D eigenvalue weighted by molar-refractivity contribution is 0.227. The summed E-state index contributed by atoms with van der Waals surface area (Å²) in [6.45, 7) is 6.30. The molecule has 0 radical (unpaired) electrons. The number of rotatable bonds is 2. The van der Waals surface area contributed by atoms with Crippen molar-refractivity contribution in [2.75, 3.05) is 0 Å². The Morgan fingerprint density at radius 1 is 1.47 bits per heavy atom. The van der Waals surface area contributed by atoms with Gasteiger partial charge in [-0.1, -0.05) is 19.0 Å². The van der Waals surface area contributed by atoms with Crippen molar-refractivity contribution in [3.8, 4) is 0 Å². The van der Waals surface area contributed by atoms with Crippen molar-refractivity contribution in [3.63, 3.8) is 0 Å². The fourth-order valence-corrected chi connectivity index (χ4v) is 2.44.